The summed E-state index contributed by atoms with van der Waals surface area (Å²) < 4.78 is 13.7. The van der Waals surface area contributed by atoms with Crippen molar-refractivity contribution in [3.63, 3.8) is 0 Å². The zero-order valence-electron chi connectivity index (χ0n) is 14.7. The zero-order chi connectivity index (χ0) is 18.5. The van der Waals surface area contributed by atoms with Gasteiger partial charge in [-0.2, -0.15) is 0 Å². The number of carbonyl (C=O) groups excluding carboxylic acids is 2. The molecular formula is C20H21FN2O2S. The van der Waals surface area contributed by atoms with Crippen LogP contribution in [0.3, 0.4) is 0 Å². The molecule has 0 aliphatic carbocycles. The molecule has 0 bridgehead atoms. The fraction of sp³-hybridized carbons (Fsp3) is 0.300. The second-order valence-corrected chi connectivity index (χ2v) is 7.05. The summed E-state index contributed by atoms with van der Waals surface area (Å²) in [6.07, 6.45) is 2.05. The number of hydrogen-bond donors (Lipinski definition) is 0. The third kappa shape index (κ3) is 4.25. The molecule has 0 spiro atoms. The Balaban J connectivity index is 1.55. The second kappa shape index (κ2) is 8.36. The van der Waals surface area contributed by atoms with E-state index in [9.17, 15) is 14.0 Å². The zero-order valence-corrected chi connectivity index (χ0v) is 15.5. The number of piperazine rings is 1. The predicted octanol–water partition coefficient (Wildman–Crippen LogP) is 3.07. The summed E-state index contributed by atoms with van der Waals surface area (Å²) in [5.41, 5.74) is 1.07. The lowest BCUT2D eigenvalue weighted by Gasteiger charge is -2.35. The summed E-state index contributed by atoms with van der Waals surface area (Å²) >= 11 is 1.63. The number of carbonyl (C=O) groups is 2. The molecule has 4 nitrogen and oxygen atoms in total. The maximum absolute atomic E-state index is 13.7. The fourth-order valence-electron chi connectivity index (χ4n) is 2.99. The van der Waals surface area contributed by atoms with Crippen molar-refractivity contribution in [2.45, 2.75) is 11.3 Å². The molecule has 0 saturated carbocycles. The highest BCUT2D eigenvalue weighted by Crippen LogP contribution is 2.17. The average molecular weight is 372 g/mol. The highest BCUT2D eigenvalue weighted by atomic mass is 32.2. The molecule has 0 aromatic heterocycles. The number of halogens is 1. The fourth-order valence-corrected chi connectivity index (χ4v) is 3.40. The molecule has 0 N–H and O–H groups in total. The number of nitrogens with zero attached hydrogens (tertiary/aromatic N) is 2. The number of benzene rings is 2. The molecule has 1 fully saturated rings. The van der Waals surface area contributed by atoms with Gasteiger partial charge in [0.05, 0.1) is 6.42 Å². The Morgan fingerprint density at radius 3 is 2.19 bits per heavy atom. The van der Waals surface area contributed by atoms with E-state index < -0.39 is 0 Å². The lowest BCUT2D eigenvalue weighted by molar-refractivity contribution is -0.132. The smallest absolute Gasteiger partial charge is 0.253 e. The highest BCUT2D eigenvalue weighted by Gasteiger charge is 2.25. The van der Waals surface area contributed by atoms with Crippen LogP contribution in [0.15, 0.2) is 53.4 Å². The van der Waals surface area contributed by atoms with Crippen molar-refractivity contribution in [1.29, 1.82) is 0 Å². The van der Waals surface area contributed by atoms with Crippen LogP contribution >= 0.6 is 11.8 Å². The number of amides is 2. The van der Waals surface area contributed by atoms with Crippen LogP contribution in [0.1, 0.15) is 15.9 Å². The van der Waals surface area contributed by atoms with E-state index in [1.165, 1.54) is 6.07 Å². The molecule has 2 amide bonds. The quantitative estimate of drug-likeness (QED) is 0.775. The van der Waals surface area contributed by atoms with Gasteiger partial charge < -0.3 is 9.80 Å². The molecule has 2 aromatic rings. The first-order valence-corrected chi connectivity index (χ1v) is 9.75. The molecule has 1 aliphatic rings. The molecule has 3 rings (SSSR count). The van der Waals surface area contributed by atoms with E-state index in [0.29, 0.717) is 37.3 Å². The monoisotopic (exact) mass is 372 g/mol. The maximum Gasteiger partial charge on any atom is 0.253 e. The second-order valence-electron chi connectivity index (χ2n) is 6.17. The maximum atomic E-state index is 13.7. The van der Waals surface area contributed by atoms with Gasteiger partial charge in [0.2, 0.25) is 5.91 Å². The molecule has 1 aliphatic heterocycles. The summed E-state index contributed by atoms with van der Waals surface area (Å²) in [6.45, 7) is 1.93. The molecule has 136 valence electrons. The first kappa shape index (κ1) is 18.5. The van der Waals surface area contributed by atoms with Crippen molar-refractivity contribution in [2.24, 2.45) is 0 Å². The molecule has 0 atom stereocenters. The van der Waals surface area contributed by atoms with Gasteiger partial charge in [-0.1, -0.05) is 18.2 Å². The van der Waals surface area contributed by atoms with Crippen molar-refractivity contribution >= 4 is 23.6 Å². The standard InChI is InChI=1S/C20H21FN2O2S/c1-26-17-8-6-15(7-9-17)20(25)23-12-10-22(11-13-23)19(24)14-16-4-2-3-5-18(16)21/h2-9H,10-14H2,1H3. The van der Waals surface area contributed by atoms with Crippen molar-refractivity contribution in [2.75, 3.05) is 32.4 Å². The topological polar surface area (TPSA) is 40.6 Å². The van der Waals surface area contributed by atoms with Crippen molar-refractivity contribution in [3.8, 4) is 0 Å². The molecule has 6 heteroatoms. The Hall–Kier alpha value is -2.34. The van der Waals surface area contributed by atoms with E-state index in [-0.39, 0.29) is 24.1 Å². The van der Waals surface area contributed by atoms with Gasteiger partial charge in [-0.25, -0.2) is 4.39 Å². The van der Waals surface area contributed by atoms with E-state index in [2.05, 4.69) is 0 Å². The Morgan fingerprint density at radius 1 is 0.962 bits per heavy atom. The first-order chi connectivity index (χ1) is 12.6. The lowest BCUT2D eigenvalue weighted by Crippen LogP contribution is -2.51. The average Bonchev–Trinajstić information content (AvgIpc) is 2.69. The summed E-state index contributed by atoms with van der Waals surface area (Å²) in [6, 6.07) is 13.9. The SMILES string of the molecule is CSc1ccc(C(=O)N2CCN(C(=O)Cc3ccccc3F)CC2)cc1. The Kier molecular flexibility index (Phi) is 5.93. The minimum atomic E-state index is -0.358. The minimum Gasteiger partial charge on any atom is -0.339 e. The van der Waals surface area contributed by atoms with Gasteiger partial charge >= 0.3 is 0 Å². The Bertz CT molecular complexity index is 787. The van der Waals surface area contributed by atoms with Crippen LogP contribution in [0.2, 0.25) is 0 Å². The van der Waals surface area contributed by atoms with Gasteiger partial charge in [0.1, 0.15) is 5.82 Å². The van der Waals surface area contributed by atoms with Crippen molar-refractivity contribution < 1.29 is 14.0 Å². The third-order valence-electron chi connectivity index (χ3n) is 4.56. The molecular weight excluding hydrogens is 351 g/mol. The van der Waals surface area contributed by atoms with Gasteiger partial charge in [-0.15, -0.1) is 11.8 Å². The van der Waals surface area contributed by atoms with E-state index in [4.69, 9.17) is 0 Å². The number of thioether (sulfide) groups is 1. The largest absolute Gasteiger partial charge is 0.339 e. The number of hydrogen-bond acceptors (Lipinski definition) is 3. The molecule has 1 saturated heterocycles. The van der Waals surface area contributed by atoms with Crippen LogP contribution < -0.4 is 0 Å². The minimum absolute atomic E-state index is 0.0149. The van der Waals surface area contributed by atoms with Gasteiger partial charge in [0.15, 0.2) is 0 Å². The van der Waals surface area contributed by atoms with Gasteiger partial charge in [0, 0.05) is 36.6 Å². The van der Waals surface area contributed by atoms with Crippen molar-refractivity contribution in [3.05, 3.63) is 65.5 Å². The summed E-state index contributed by atoms with van der Waals surface area (Å²) in [7, 11) is 0. The van der Waals surface area contributed by atoms with E-state index in [1.807, 2.05) is 30.5 Å². The molecule has 26 heavy (non-hydrogen) atoms. The predicted molar refractivity (Wildman–Crippen MR) is 101 cm³/mol. The van der Waals surface area contributed by atoms with E-state index in [0.717, 1.165) is 4.90 Å². The van der Waals surface area contributed by atoms with Crippen molar-refractivity contribution in [1.82, 2.24) is 9.80 Å². The van der Waals surface area contributed by atoms with Gasteiger partial charge in [-0.05, 0) is 42.2 Å². The molecule has 0 unspecified atom stereocenters. The van der Waals surface area contributed by atoms with E-state index in [1.54, 1.807) is 39.8 Å². The van der Waals surface area contributed by atoms with Gasteiger partial charge in [-0.3, -0.25) is 9.59 Å². The summed E-state index contributed by atoms with van der Waals surface area (Å²) in [5.74, 6) is -0.478. The normalized spacial score (nSPS) is 14.4. The summed E-state index contributed by atoms with van der Waals surface area (Å²) in [4.78, 5) is 29.6. The molecule has 1 heterocycles. The molecule has 2 aromatic carbocycles. The van der Waals surface area contributed by atoms with Crippen LogP contribution in [0, 0.1) is 5.82 Å². The Morgan fingerprint density at radius 2 is 1.58 bits per heavy atom. The lowest BCUT2D eigenvalue weighted by atomic mass is 10.1. The third-order valence-corrected chi connectivity index (χ3v) is 5.30. The van der Waals surface area contributed by atoms with Gasteiger partial charge in [0.25, 0.3) is 5.91 Å². The highest BCUT2D eigenvalue weighted by molar-refractivity contribution is 7.98. The number of rotatable bonds is 4. The van der Waals surface area contributed by atoms with E-state index >= 15 is 0 Å². The summed E-state index contributed by atoms with van der Waals surface area (Å²) in [5, 5.41) is 0. The Labute approximate surface area is 157 Å². The molecule has 0 radical (unpaired) electrons. The van der Waals surface area contributed by atoms with Crippen LogP contribution in [-0.4, -0.2) is 54.0 Å². The first-order valence-electron chi connectivity index (χ1n) is 8.53. The van der Waals surface area contributed by atoms with Crippen LogP contribution in [0.5, 0.6) is 0 Å². The van der Waals surface area contributed by atoms with Crippen LogP contribution in [-0.2, 0) is 11.2 Å². The van der Waals surface area contributed by atoms with Crippen LogP contribution in [0.25, 0.3) is 0 Å². The van der Waals surface area contributed by atoms with Crippen LogP contribution in [0.4, 0.5) is 4.39 Å².